The van der Waals surface area contributed by atoms with E-state index in [0.717, 1.165) is 10.9 Å². The summed E-state index contributed by atoms with van der Waals surface area (Å²) in [5.41, 5.74) is 0.809. The molecule has 1 aliphatic rings. The number of rotatable bonds is 7. The van der Waals surface area contributed by atoms with Gasteiger partial charge in [-0.1, -0.05) is 26.0 Å². The third kappa shape index (κ3) is 5.14. The molecule has 3 heterocycles. The van der Waals surface area contributed by atoms with Crippen LogP contribution in [0.1, 0.15) is 30.2 Å². The lowest BCUT2D eigenvalue weighted by Gasteiger charge is -2.34. The average molecular weight is 452 g/mol. The molecule has 1 N–H and O–H groups in total. The van der Waals surface area contributed by atoms with E-state index in [9.17, 15) is 9.59 Å². The van der Waals surface area contributed by atoms with Crippen LogP contribution in [0.2, 0.25) is 0 Å². The number of nitrogens with one attached hydrogen (secondary N) is 1. The van der Waals surface area contributed by atoms with Crippen molar-refractivity contribution in [2.24, 2.45) is 5.92 Å². The van der Waals surface area contributed by atoms with E-state index in [4.69, 9.17) is 19.1 Å². The fraction of sp³-hybridized carbons (Fsp3) is 0.417. The molecule has 1 aromatic carbocycles. The summed E-state index contributed by atoms with van der Waals surface area (Å²) in [5.74, 6) is 1.25. The van der Waals surface area contributed by atoms with E-state index < -0.39 is 6.04 Å². The van der Waals surface area contributed by atoms with Crippen molar-refractivity contribution in [3.63, 3.8) is 0 Å². The minimum absolute atomic E-state index is 0.0226. The molecular formula is C24H29N5O4. The van der Waals surface area contributed by atoms with Crippen molar-refractivity contribution in [3.8, 4) is 0 Å². The lowest BCUT2D eigenvalue weighted by atomic mass is 10.0. The molecule has 1 amide bonds. The number of methoxy groups -OCH3 is 1. The number of para-hydroxylation sites is 1. The van der Waals surface area contributed by atoms with E-state index in [-0.39, 0.29) is 17.8 Å². The van der Waals surface area contributed by atoms with Crippen molar-refractivity contribution in [1.82, 2.24) is 19.8 Å². The number of anilines is 1. The molecule has 0 aliphatic carbocycles. The van der Waals surface area contributed by atoms with Crippen LogP contribution in [0.15, 0.2) is 47.1 Å². The second-order valence-corrected chi connectivity index (χ2v) is 8.44. The maximum absolute atomic E-state index is 12.5. The molecule has 2 aromatic heterocycles. The second-order valence-electron chi connectivity index (χ2n) is 8.44. The number of esters is 1. The Morgan fingerprint density at radius 3 is 2.52 bits per heavy atom. The first kappa shape index (κ1) is 22.7. The normalized spacial score (nSPS) is 15.6. The van der Waals surface area contributed by atoms with Gasteiger partial charge in [-0.15, -0.1) is 0 Å². The minimum Gasteiger partial charge on any atom is -0.467 e. The zero-order valence-corrected chi connectivity index (χ0v) is 19.2. The van der Waals surface area contributed by atoms with E-state index >= 15 is 0 Å². The molecule has 1 aliphatic heterocycles. The molecule has 9 heteroatoms. The topological polar surface area (TPSA) is 101 Å². The summed E-state index contributed by atoms with van der Waals surface area (Å²) in [7, 11) is 1.39. The van der Waals surface area contributed by atoms with Gasteiger partial charge in [0.15, 0.2) is 5.76 Å². The number of carbonyl (C=O) groups excluding carboxylic acids is 2. The van der Waals surface area contributed by atoms with Gasteiger partial charge in [-0.2, -0.15) is 0 Å². The highest BCUT2D eigenvalue weighted by Gasteiger charge is 2.26. The summed E-state index contributed by atoms with van der Waals surface area (Å²) in [6.45, 7) is 7.11. The van der Waals surface area contributed by atoms with Gasteiger partial charge in [-0.05, 0) is 30.2 Å². The SMILES string of the molecule is COC(=O)[C@@H](Nc1nc(CN2CCN(C(=O)c3ccco3)CC2)nc2ccccc12)C(C)C. The van der Waals surface area contributed by atoms with E-state index in [2.05, 4.69) is 10.2 Å². The molecule has 0 bridgehead atoms. The molecule has 0 saturated carbocycles. The van der Waals surface area contributed by atoms with E-state index in [1.807, 2.05) is 38.1 Å². The molecule has 1 saturated heterocycles. The number of furan rings is 1. The maximum Gasteiger partial charge on any atom is 0.328 e. The first-order valence-electron chi connectivity index (χ1n) is 11.1. The summed E-state index contributed by atoms with van der Waals surface area (Å²) in [5, 5.41) is 4.13. The molecule has 3 aromatic rings. The Morgan fingerprint density at radius 2 is 1.85 bits per heavy atom. The Balaban J connectivity index is 1.49. The van der Waals surface area contributed by atoms with E-state index in [1.54, 1.807) is 17.0 Å². The summed E-state index contributed by atoms with van der Waals surface area (Å²) in [6, 6.07) is 10.6. The molecule has 33 heavy (non-hydrogen) atoms. The third-order valence-electron chi connectivity index (χ3n) is 5.82. The van der Waals surface area contributed by atoms with Crippen molar-refractivity contribution in [3.05, 3.63) is 54.2 Å². The smallest absolute Gasteiger partial charge is 0.328 e. The van der Waals surface area contributed by atoms with Gasteiger partial charge in [0.05, 0.1) is 25.4 Å². The van der Waals surface area contributed by atoms with Crippen LogP contribution in [-0.2, 0) is 16.1 Å². The van der Waals surface area contributed by atoms with Gasteiger partial charge in [0.25, 0.3) is 5.91 Å². The Morgan fingerprint density at radius 1 is 1.09 bits per heavy atom. The number of amides is 1. The number of nitrogens with zero attached hydrogens (tertiary/aromatic N) is 4. The number of carbonyl (C=O) groups is 2. The molecule has 0 unspecified atom stereocenters. The highest BCUT2D eigenvalue weighted by Crippen LogP contribution is 2.23. The average Bonchev–Trinajstić information content (AvgIpc) is 3.37. The Hall–Kier alpha value is -3.46. The highest BCUT2D eigenvalue weighted by molar-refractivity contribution is 5.92. The molecule has 174 valence electrons. The molecule has 9 nitrogen and oxygen atoms in total. The first-order valence-corrected chi connectivity index (χ1v) is 11.1. The minimum atomic E-state index is -0.516. The zero-order chi connectivity index (χ0) is 23.4. The van der Waals surface area contributed by atoms with Gasteiger partial charge >= 0.3 is 5.97 Å². The quantitative estimate of drug-likeness (QED) is 0.548. The summed E-state index contributed by atoms with van der Waals surface area (Å²) in [6.07, 6.45) is 1.51. The van der Waals surface area contributed by atoms with Crippen LogP contribution in [0.5, 0.6) is 0 Å². The van der Waals surface area contributed by atoms with Crippen molar-refractivity contribution in [2.45, 2.75) is 26.4 Å². The molecule has 0 spiro atoms. The van der Waals surface area contributed by atoms with E-state index in [1.165, 1.54) is 13.4 Å². The van der Waals surface area contributed by atoms with Crippen molar-refractivity contribution >= 4 is 28.6 Å². The Kier molecular flexibility index (Phi) is 6.88. The molecule has 1 fully saturated rings. The van der Waals surface area contributed by atoms with Gasteiger partial charge < -0.3 is 19.4 Å². The van der Waals surface area contributed by atoms with Crippen LogP contribution in [0.4, 0.5) is 5.82 Å². The van der Waals surface area contributed by atoms with Gasteiger partial charge in [0.1, 0.15) is 17.7 Å². The van der Waals surface area contributed by atoms with Gasteiger partial charge in [-0.25, -0.2) is 14.8 Å². The summed E-state index contributed by atoms with van der Waals surface area (Å²) < 4.78 is 10.2. The number of fused-ring (bicyclic) bond motifs is 1. The molecular weight excluding hydrogens is 422 g/mol. The van der Waals surface area contributed by atoms with Crippen molar-refractivity contribution in [1.29, 1.82) is 0 Å². The number of benzene rings is 1. The largest absolute Gasteiger partial charge is 0.467 e. The monoisotopic (exact) mass is 451 g/mol. The first-order chi connectivity index (χ1) is 16.0. The lowest BCUT2D eigenvalue weighted by molar-refractivity contribution is -0.142. The number of hydrogen-bond acceptors (Lipinski definition) is 8. The second kappa shape index (κ2) is 9.99. The van der Waals surface area contributed by atoms with Crippen LogP contribution in [0.25, 0.3) is 10.9 Å². The fourth-order valence-corrected chi connectivity index (χ4v) is 3.94. The van der Waals surface area contributed by atoms with Gasteiger partial charge in [0.2, 0.25) is 0 Å². The number of ether oxygens (including phenoxy) is 1. The third-order valence-corrected chi connectivity index (χ3v) is 5.82. The maximum atomic E-state index is 12.5. The fourth-order valence-electron chi connectivity index (χ4n) is 3.94. The Labute approximate surface area is 192 Å². The molecule has 1 atom stereocenters. The predicted octanol–water partition coefficient (Wildman–Crippen LogP) is 2.79. The summed E-state index contributed by atoms with van der Waals surface area (Å²) in [4.78, 5) is 38.3. The van der Waals surface area contributed by atoms with Gasteiger partial charge in [-0.3, -0.25) is 9.69 Å². The molecule has 0 radical (unpaired) electrons. The van der Waals surface area contributed by atoms with E-state index in [0.29, 0.717) is 50.1 Å². The van der Waals surface area contributed by atoms with Crippen LogP contribution >= 0.6 is 0 Å². The number of aromatic nitrogens is 2. The zero-order valence-electron chi connectivity index (χ0n) is 19.2. The molecule has 4 rings (SSSR count). The summed E-state index contributed by atoms with van der Waals surface area (Å²) >= 11 is 0. The highest BCUT2D eigenvalue weighted by atomic mass is 16.5. The van der Waals surface area contributed by atoms with Gasteiger partial charge in [0, 0.05) is 31.6 Å². The number of piperazine rings is 1. The predicted molar refractivity (Wildman–Crippen MR) is 124 cm³/mol. The van der Waals surface area contributed by atoms with Crippen LogP contribution in [0.3, 0.4) is 0 Å². The van der Waals surface area contributed by atoms with Crippen molar-refractivity contribution < 1.29 is 18.7 Å². The Bertz CT molecular complexity index is 1110. The van der Waals surface area contributed by atoms with Crippen LogP contribution < -0.4 is 5.32 Å². The lowest BCUT2D eigenvalue weighted by Crippen LogP contribution is -2.48. The number of hydrogen-bond donors (Lipinski definition) is 1. The van der Waals surface area contributed by atoms with Crippen LogP contribution in [0, 0.1) is 5.92 Å². The van der Waals surface area contributed by atoms with Crippen LogP contribution in [-0.4, -0.2) is 71.0 Å². The van der Waals surface area contributed by atoms with Crippen molar-refractivity contribution in [2.75, 3.05) is 38.6 Å². The standard InChI is InChI=1S/C24H29N5O4/c1-16(2)21(24(31)32-3)27-22-17-7-4-5-8-18(17)25-20(26-22)15-28-10-12-29(13-11-28)23(30)19-9-6-14-33-19/h4-9,14,16,21H,10-13,15H2,1-3H3,(H,25,26,27)/t21-/m0/s1.